The predicted molar refractivity (Wildman–Crippen MR) is 97.3 cm³/mol. The first-order chi connectivity index (χ1) is 11.7. The molecule has 3 N–H and O–H groups in total. The van der Waals surface area contributed by atoms with Crippen LogP contribution >= 0.6 is 12.6 Å². The molecule has 0 bridgehead atoms. The summed E-state index contributed by atoms with van der Waals surface area (Å²) in [4.78, 5) is 37.6. The largest absolute Gasteiger partial charge is 0.481 e. The Morgan fingerprint density at radius 2 is 1.88 bits per heavy atom. The maximum Gasteiger partial charge on any atom is 0.329 e. The Labute approximate surface area is 154 Å². The highest BCUT2D eigenvalue weighted by molar-refractivity contribution is 7.80. The molecule has 1 aliphatic rings. The lowest BCUT2D eigenvalue weighted by atomic mass is 9.76. The van der Waals surface area contributed by atoms with Crippen LogP contribution in [0.5, 0.6) is 0 Å². The van der Waals surface area contributed by atoms with Crippen molar-refractivity contribution in [2.75, 3.05) is 12.9 Å². The summed E-state index contributed by atoms with van der Waals surface area (Å²) in [7, 11) is 1.26. The molecule has 0 aromatic heterocycles. The zero-order valence-corrected chi connectivity index (χ0v) is 16.1. The Balaban J connectivity index is 3.22. The third-order valence-electron chi connectivity index (χ3n) is 4.94. The van der Waals surface area contributed by atoms with Crippen molar-refractivity contribution in [3.05, 3.63) is 0 Å². The second-order valence-corrected chi connectivity index (χ2v) is 7.30. The van der Waals surface area contributed by atoms with Gasteiger partial charge in [-0.15, -0.1) is 0 Å². The van der Waals surface area contributed by atoms with Crippen LogP contribution in [0.25, 0.3) is 0 Å². The fourth-order valence-electron chi connectivity index (χ4n) is 3.69. The fourth-order valence-corrected chi connectivity index (χ4v) is 4.02. The van der Waals surface area contributed by atoms with E-state index in [2.05, 4.69) is 26.5 Å². The van der Waals surface area contributed by atoms with E-state index in [1.54, 1.807) is 0 Å². The Bertz CT molecular complexity index is 486. The summed E-state index contributed by atoms with van der Waals surface area (Å²) in [5.74, 6) is -1.58. The lowest BCUT2D eigenvalue weighted by molar-refractivity contribution is -0.157. The minimum atomic E-state index is -1.20. The summed E-state index contributed by atoms with van der Waals surface area (Å²) in [6, 6.07) is -2.23. The van der Waals surface area contributed by atoms with Crippen molar-refractivity contribution < 1.29 is 24.2 Å². The zero-order valence-electron chi connectivity index (χ0n) is 15.2. The summed E-state index contributed by atoms with van der Waals surface area (Å²) in [5, 5.41) is 8.96. The van der Waals surface area contributed by atoms with Crippen molar-refractivity contribution >= 4 is 30.5 Å². The van der Waals surface area contributed by atoms with E-state index < -0.39 is 36.4 Å². The Morgan fingerprint density at radius 1 is 1.28 bits per heavy atom. The van der Waals surface area contributed by atoms with Crippen molar-refractivity contribution in [1.29, 1.82) is 0 Å². The molecule has 1 amide bonds. The number of carboxylic acid groups (broad SMARTS) is 1. The first-order valence-corrected chi connectivity index (χ1v) is 9.36. The number of ether oxygens (including phenoxy) is 1. The lowest BCUT2D eigenvalue weighted by Gasteiger charge is -2.45. The quantitative estimate of drug-likeness (QED) is 0.436. The van der Waals surface area contributed by atoms with Gasteiger partial charge in [-0.2, -0.15) is 12.6 Å². The molecule has 1 unspecified atom stereocenters. The van der Waals surface area contributed by atoms with Crippen LogP contribution in [0.2, 0.25) is 0 Å². The normalized spacial score (nSPS) is 23.0. The van der Waals surface area contributed by atoms with Gasteiger partial charge >= 0.3 is 11.9 Å². The van der Waals surface area contributed by atoms with Crippen LogP contribution in [0.3, 0.4) is 0 Å². The average molecular weight is 375 g/mol. The number of nitrogens with two attached hydrogens (primary N) is 1. The molecule has 25 heavy (non-hydrogen) atoms. The molecular formula is C17H30N2O5S. The summed E-state index contributed by atoms with van der Waals surface area (Å²) < 4.78 is 4.84. The summed E-state index contributed by atoms with van der Waals surface area (Å²) in [5.41, 5.74) is 5.83. The first kappa shape index (κ1) is 21.8. The molecule has 0 aliphatic heterocycles. The van der Waals surface area contributed by atoms with Gasteiger partial charge in [-0.3, -0.25) is 9.59 Å². The lowest BCUT2D eigenvalue weighted by Crippen LogP contribution is -2.60. The number of hydrogen-bond acceptors (Lipinski definition) is 6. The van der Waals surface area contributed by atoms with E-state index in [-0.39, 0.29) is 17.7 Å². The number of methoxy groups -OCH3 is 1. The van der Waals surface area contributed by atoms with E-state index in [4.69, 9.17) is 15.6 Å². The van der Waals surface area contributed by atoms with Gasteiger partial charge in [-0.25, -0.2) is 4.79 Å². The van der Waals surface area contributed by atoms with Crippen molar-refractivity contribution in [3.63, 3.8) is 0 Å². The van der Waals surface area contributed by atoms with Gasteiger partial charge in [0.05, 0.1) is 19.6 Å². The topological polar surface area (TPSA) is 110 Å². The number of thiol groups is 1. The van der Waals surface area contributed by atoms with Crippen LogP contribution in [-0.2, 0) is 19.1 Å². The van der Waals surface area contributed by atoms with Crippen LogP contribution in [-0.4, -0.2) is 58.8 Å². The number of carbonyl (C=O) groups is 3. The van der Waals surface area contributed by atoms with Crippen molar-refractivity contribution in [2.45, 2.75) is 64.1 Å². The molecule has 7 nitrogen and oxygen atoms in total. The second kappa shape index (κ2) is 10.0. The van der Waals surface area contributed by atoms with E-state index in [9.17, 15) is 14.4 Å². The minimum Gasteiger partial charge on any atom is -0.481 e. The standard InChI is InChI=1S/C17H30N2O5S/c1-10(2)11-6-4-5-7-13(11)19(14(9-25)17(23)24-3)16(22)12(18)8-15(20)21/h10-14,25H,4-9,18H2,1-3H3,(H,20,21)/t11?,12-,13-,14-/m0/s1. The van der Waals surface area contributed by atoms with Gasteiger partial charge in [0.2, 0.25) is 5.91 Å². The number of carbonyl (C=O) groups excluding carboxylic acids is 2. The molecule has 1 rings (SSSR count). The number of nitrogens with zero attached hydrogens (tertiary/aromatic N) is 1. The fraction of sp³-hybridized carbons (Fsp3) is 0.824. The molecule has 0 aromatic carbocycles. The SMILES string of the molecule is COC(=O)[C@H](CS)N(C(=O)[C@@H](N)CC(=O)O)[C@H]1CCCCC1C(C)C. The van der Waals surface area contributed by atoms with Gasteiger partial charge in [-0.1, -0.05) is 26.7 Å². The molecular weight excluding hydrogens is 344 g/mol. The summed E-state index contributed by atoms with van der Waals surface area (Å²) in [6.45, 7) is 4.19. The van der Waals surface area contributed by atoms with Crippen LogP contribution in [0, 0.1) is 11.8 Å². The molecule has 8 heteroatoms. The highest BCUT2D eigenvalue weighted by Crippen LogP contribution is 2.35. The monoisotopic (exact) mass is 374 g/mol. The van der Waals surface area contributed by atoms with E-state index in [1.807, 2.05) is 0 Å². The van der Waals surface area contributed by atoms with Crippen LogP contribution in [0.1, 0.15) is 46.0 Å². The van der Waals surface area contributed by atoms with Crippen molar-refractivity contribution in [3.8, 4) is 0 Å². The Morgan fingerprint density at radius 3 is 2.36 bits per heavy atom. The number of aliphatic carboxylic acids is 1. The molecule has 1 fully saturated rings. The van der Waals surface area contributed by atoms with Crippen LogP contribution in [0.15, 0.2) is 0 Å². The second-order valence-electron chi connectivity index (χ2n) is 6.93. The van der Waals surface area contributed by atoms with Gasteiger partial charge < -0.3 is 20.5 Å². The number of carboxylic acids is 1. The third-order valence-corrected chi connectivity index (χ3v) is 5.29. The van der Waals surface area contributed by atoms with E-state index >= 15 is 0 Å². The molecule has 0 saturated heterocycles. The summed E-state index contributed by atoms with van der Waals surface area (Å²) >= 11 is 4.23. The van der Waals surface area contributed by atoms with E-state index in [0.717, 1.165) is 25.7 Å². The Kier molecular flexibility index (Phi) is 8.71. The van der Waals surface area contributed by atoms with Crippen LogP contribution in [0.4, 0.5) is 0 Å². The Hall–Kier alpha value is -1.28. The molecule has 0 spiro atoms. The molecule has 1 saturated carbocycles. The highest BCUT2D eigenvalue weighted by atomic mass is 32.1. The molecule has 0 aromatic rings. The smallest absolute Gasteiger partial charge is 0.329 e. The van der Waals surface area contributed by atoms with Gasteiger partial charge in [0.1, 0.15) is 6.04 Å². The first-order valence-electron chi connectivity index (χ1n) is 8.72. The van der Waals surface area contributed by atoms with Gasteiger partial charge in [0.25, 0.3) is 0 Å². The van der Waals surface area contributed by atoms with Gasteiger partial charge in [0, 0.05) is 11.8 Å². The molecule has 4 atom stereocenters. The molecule has 144 valence electrons. The van der Waals surface area contributed by atoms with Crippen molar-refractivity contribution in [2.24, 2.45) is 17.6 Å². The van der Waals surface area contributed by atoms with Crippen molar-refractivity contribution in [1.82, 2.24) is 4.90 Å². The maximum atomic E-state index is 13.0. The number of esters is 1. The number of rotatable bonds is 8. The molecule has 1 aliphatic carbocycles. The van der Waals surface area contributed by atoms with Gasteiger partial charge in [-0.05, 0) is 24.7 Å². The summed E-state index contributed by atoms with van der Waals surface area (Å²) in [6.07, 6.45) is 3.27. The van der Waals surface area contributed by atoms with Gasteiger partial charge in [0.15, 0.2) is 0 Å². The third kappa shape index (κ3) is 5.60. The van der Waals surface area contributed by atoms with E-state index in [0.29, 0.717) is 5.92 Å². The number of hydrogen-bond donors (Lipinski definition) is 3. The zero-order chi connectivity index (χ0) is 19.1. The minimum absolute atomic E-state index is 0.0967. The maximum absolute atomic E-state index is 13.0. The predicted octanol–water partition coefficient (Wildman–Crippen LogP) is 1.30. The highest BCUT2D eigenvalue weighted by Gasteiger charge is 2.42. The number of amides is 1. The van der Waals surface area contributed by atoms with E-state index in [1.165, 1.54) is 12.0 Å². The molecule has 0 radical (unpaired) electrons. The molecule has 0 heterocycles. The van der Waals surface area contributed by atoms with Crippen LogP contribution < -0.4 is 5.73 Å². The average Bonchev–Trinajstić information content (AvgIpc) is 2.57.